The molecule has 0 saturated carbocycles. The maximum atomic E-state index is 12.3. The molecule has 0 aromatic heterocycles. The van der Waals surface area contributed by atoms with Crippen LogP contribution < -0.4 is 5.32 Å². The van der Waals surface area contributed by atoms with E-state index in [2.05, 4.69) is 5.32 Å². The highest BCUT2D eigenvalue weighted by atomic mass is 16.5. The first-order valence-electron chi connectivity index (χ1n) is 10.2. The highest BCUT2D eigenvalue weighted by molar-refractivity contribution is 5.98. The van der Waals surface area contributed by atoms with Gasteiger partial charge in [0, 0.05) is 19.0 Å². The van der Waals surface area contributed by atoms with Gasteiger partial charge in [-0.2, -0.15) is 0 Å². The zero-order chi connectivity index (χ0) is 22.1. The van der Waals surface area contributed by atoms with Gasteiger partial charge in [-0.15, -0.1) is 0 Å². The van der Waals surface area contributed by atoms with Gasteiger partial charge < -0.3 is 10.1 Å². The quantitative estimate of drug-likeness (QED) is 0.424. The summed E-state index contributed by atoms with van der Waals surface area (Å²) in [7, 11) is 0. The number of amides is 1. The van der Waals surface area contributed by atoms with Gasteiger partial charge in [-0.25, -0.2) is 0 Å². The van der Waals surface area contributed by atoms with Crippen molar-refractivity contribution in [3.8, 4) is 11.1 Å². The normalized spacial score (nSPS) is 10.4. The predicted molar refractivity (Wildman–Crippen MR) is 120 cm³/mol. The third kappa shape index (κ3) is 6.93. The minimum atomic E-state index is -0.437. The van der Waals surface area contributed by atoms with Gasteiger partial charge in [0.2, 0.25) is 5.91 Å². The van der Waals surface area contributed by atoms with E-state index < -0.39 is 5.97 Å². The van der Waals surface area contributed by atoms with Crippen LogP contribution in [0.15, 0.2) is 78.9 Å². The number of carbonyl (C=O) groups is 3. The van der Waals surface area contributed by atoms with Crippen LogP contribution in [-0.4, -0.2) is 30.8 Å². The number of hydrogen-bond donors (Lipinski definition) is 1. The summed E-state index contributed by atoms with van der Waals surface area (Å²) in [5, 5.41) is 2.73. The smallest absolute Gasteiger partial charge is 0.310 e. The molecule has 0 atom stereocenters. The van der Waals surface area contributed by atoms with E-state index in [0.717, 1.165) is 22.3 Å². The topological polar surface area (TPSA) is 72.5 Å². The predicted octanol–water partition coefficient (Wildman–Crippen LogP) is 4.00. The fraction of sp³-hybridized carbons (Fsp3) is 0.192. The Morgan fingerprint density at radius 1 is 0.774 bits per heavy atom. The number of esters is 1. The van der Waals surface area contributed by atoms with Gasteiger partial charge in [-0.05, 0) is 28.7 Å². The third-order valence-corrected chi connectivity index (χ3v) is 4.84. The van der Waals surface area contributed by atoms with Crippen LogP contribution in [0.5, 0.6) is 0 Å². The van der Waals surface area contributed by atoms with Crippen LogP contribution in [0, 0.1) is 0 Å². The van der Waals surface area contributed by atoms with Crippen LogP contribution in [0.2, 0.25) is 0 Å². The van der Waals surface area contributed by atoms with Crippen molar-refractivity contribution in [1.29, 1.82) is 0 Å². The number of ether oxygens (including phenoxy) is 1. The Bertz CT molecular complexity index is 1030. The summed E-state index contributed by atoms with van der Waals surface area (Å²) in [5.74, 6) is -0.755. The van der Waals surface area contributed by atoms with Crippen LogP contribution in [0.25, 0.3) is 11.1 Å². The van der Waals surface area contributed by atoms with Crippen molar-refractivity contribution in [2.75, 3.05) is 13.2 Å². The Morgan fingerprint density at radius 2 is 1.39 bits per heavy atom. The Morgan fingerprint density at radius 3 is 2.03 bits per heavy atom. The van der Waals surface area contributed by atoms with Crippen LogP contribution >= 0.6 is 0 Å². The lowest BCUT2D eigenvalue weighted by molar-refractivity contribution is -0.141. The van der Waals surface area contributed by atoms with Crippen molar-refractivity contribution in [3.05, 3.63) is 95.6 Å². The van der Waals surface area contributed by atoms with Gasteiger partial charge in [-0.3, -0.25) is 14.4 Å². The number of hydrogen-bond acceptors (Lipinski definition) is 4. The second-order valence-corrected chi connectivity index (χ2v) is 7.25. The molecule has 5 nitrogen and oxygen atoms in total. The summed E-state index contributed by atoms with van der Waals surface area (Å²) in [6.45, 7) is 1.74. The monoisotopic (exact) mass is 415 g/mol. The SMILES string of the molecule is CC(=O)NCCc1ccc(C(=O)COC(=O)Cc2ccc(-c3ccccc3)cc2)cc1. The second-order valence-electron chi connectivity index (χ2n) is 7.25. The van der Waals surface area contributed by atoms with E-state index in [0.29, 0.717) is 18.5 Å². The molecule has 0 bridgehead atoms. The van der Waals surface area contributed by atoms with Crippen LogP contribution in [0.4, 0.5) is 0 Å². The molecule has 3 aromatic carbocycles. The van der Waals surface area contributed by atoms with Crippen LogP contribution in [0.1, 0.15) is 28.4 Å². The summed E-state index contributed by atoms with van der Waals surface area (Å²) >= 11 is 0. The number of ketones is 1. The number of rotatable bonds is 9. The van der Waals surface area contributed by atoms with E-state index in [1.807, 2.05) is 66.7 Å². The van der Waals surface area contributed by atoms with E-state index >= 15 is 0 Å². The molecule has 0 saturated heterocycles. The number of carbonyl (C=O) groups excluding carboxylic acids is 3. The lowest BCUT2D eigenvalue weighted by Crippen LogP contribution is -2.22. The summed E-state index contributed by atoms with van der Waals surface area (Å²) in [5.41, 5.74) is 4.53. The van der Waals surface area contributed by atoms with E-state index in [9.17, 15) is 14.4 Å². The molecular formula is C26H25NO4. The van der Waals surface area contributed by atoms with Gasteiger partial charge in [0.05, 0.1) is 6.42 Å². The lowest BCUT2D eigenvalue weighted by Gasteiger charge is -2.07. The molecule has 0 heterocycles. The molecule has 0 aliphatic carbocycles. The Kier molecular flexibility index (Phi) is 7.71. The molecule has 31 heavy (non-hydrogen) atoms. The lowest BCUT2D eigenvalue weighted by atomic mass is 10.0. The Labute approximate surface area is 182 Å². The van der Waals surface area contributed by atoms with Crippen molar-refractivity contribution >= 4 is 17.7 Å². The molecule has 5 heteroatoms. The number of benzene rings is 3. The molecule has 158 valence electrons. The van der Waals surface area contributed by atoms with Crippen LogP contribution in [0.3, 0.4) is 0 Å². The highest BCUT2D eigenvalue weighted by Gasteiger charge is 2.11. The molecular weight excluding hydrogens is 390 g/mol. The summed E-state index contributed by atoms with van der Waals surface area (Å²) < 4.78 is 5.16. The van der Waals surface area contributed by atoms with E-state index in [4.69, 9.17) is 4.74 Å². The first-order chi connectivity index (χ1) is 15.0. The van der Waals surface area contributed by atoms with Crippen LogP contribution in [-0.2, 0) is 27.2 Å². The molecule has 1 N–H and O–H groups in total. The molecule has 0 radical (unpaired) electrons. The van der Waals surface area contributed by atoms with Crippen molar-refractivity contribution < 1.29 is 19.1 Å². The Balaban J connectivity index is 1.45. The molecule has 0 aliphatic rings. The minimum absolute atomic E-state index is 0.0687. The zero-order valence-electron chi connectivity index (χ0n) is 17.5. The largest absolute Gasteiger partial charge is 0.457 e. The van der Waals surface area contributed by atoms with E-state index in [1.54, 1.807) is 12.1 Å². The third-order valence-electron chi connectivity index (χ3n) is 4.84. The molecule has 3 aromatic rings. The average molecular weight is 415 g/mol. The fourth-order valence-corrected chi connectivity index (χ4v) is 3.13. The molecule has 1 amide bonds. The van der Waals surface area contributed by atoms with E-state index in [-0.39, 0.29) is 24.7 Å². The number of nitrogens with one attached hydrogen (secondary N) is 1. The zero-order valence-corrected chi connectivity index (χ0v) is 17.5. The Hall–Kier alpha value is -3.73. The summed E-state index contributed by atoms with van der Waals surface area (Å²) in [6.07, 6.45) is 0.802. The standard InChI is InChI=1S/C26H25NO4/c1-19(28)27-16-15-20-7-13-24(14-8-20)25(29)18-31-26(30)17-21-9-11-23(12-10-21)22-5-3-2-4-6-22/h2-14H,15-18H2,1H3,(H,27,28). The second kappa shape index (κ2) is 10.9. The van der Waals surface area contributed by atoms with Crippen molar-refractivity contribution in [2.24, 2.45) is 0 Å². The van der Waals surface area contributed by atoms with Gasteiger partial charge in [0.1, 0.15) is 0 Å². The van der Waals surface area contributed by atoms with Crippen molar-refractivity contribution in [3.63, 3.8) is 0 Å². The average Bonchev–Trinajstić information content (AvgIpc) is 2.79. The molecule has 3 rings (SSSR count). The highest BCUT2D eigenvalue weighted by Crippen LogP contribution is 2.19. The molecule has 0 fully saturated rings. The first-order valence-corrected chi connectivity index (χ1v) is 10.2. The summed E-state index contributed by atoms with van der Waals surface area (Å²) in [4.78, 5) is 35.3. The summed E-state index contributed by atoms with van der Waals surface area (Å²) in [6, 6.07) is 24.8. The maximum Gasteiger partial charge on any atom is 0.310 e. The number of Topliss-reactive ketones (excluding diaryl/α,β-unsaturated/α-hetero) is 1. The van der Waals surface area contributed by atoms with E-state index in [1.165, 1.54) is 6.92 Å². The van der Waals surface area contributed by atoms with Crippen molar-refractivity contribution in [2.45, 2.75) is 19.8 Å². The minimum Gasteiger partial charge on any atom is -0.457 e. The van der Waals surface area contributed by atoms with Gasteiger partial charge >= 0.3 is 5.97 Å². The molecule has 0 spiro atoms. The first kappa shape index (κ1) is 22.0. The maximum absolute atomic E-state index is 12.3. The van der Waals surface area contributed by atoms with Gasteiger partial charge in [-0.1, -0.05) is 78.9 Å². The molecule has 0 unspecified atom stereocenters. The fourth-order valence-electron chi connectivity index (χ4n) is 3.13. The van der Waals surface area contributed by atoms with Gasteiger partial charge in [0.25, 0.3) is 0 Å². The van der Waals surface area contributed by atoms with Crippen molar-refractivity contribution in [1.82, 2.24) is 5.32 Å². The molecule has 0 aliphatic heterocycles. The van der Waals surface area contributed by atoms with Gasteiger partial charge in [0.15, 0.2) is 12.4 Å².